The van der Waals surface area contributed by atoms with Gasteiger partial charge in [-0.15, -0.1) is 11.3 Å². The SMILES string of the molecule is CC(C)(C)c1ccc(N(c2ccc(C(C)(C)C)cc2)c2cc3c4c(c2)N(c2ccc(C(C)(C)C)cc2)c2c(sc5cc6c(cc25)C(C)(C)CCC6(C)C)B4c2cc(C(C)(C)C)ccc2N3c2ccc(C(C)(C)C)cc2)cc1. The molecule has 1 aromatic heterocycles. The molecule has 0 saturated heterocycles. The smallest absolute Gasteiger partial charge is 0.264 e. The van der Waals surface area contributed by atoms with Gasteiger partial charge in [-0.1, -0.05) is 192 Å². The van der Waals surface area contributed by atoms with Crippen molar-refractivity contribution in [3.05, 3.63) is 178 Å². The van der Waals surface area contributed by atoms with Crippen LogP contribution in [0.2, 0.25) is 0 Å². The first kappa shape index (κ1) is 53.0. The fourth-order valence-electron chi connectivity index (χ4n) is 12.6. The third-order valence-electron chi connectivity index (χ3n) is 17.7. The Bertz CT molecular complexity index is 3520. The van der Waals surface area contributed by atoms with Gasteiger partial charge >= 0.3 is 0 Å². The van der Waals surface area contributed by atoms with Crippen molar-refractivity contribution in [3.63, 3.8) is 0 Å². The summed E-state index contributed by atoms with van der Waals surface area (Å²) < 4.78 is 2.79. The summed E-state index contributed by atoms with van der Waals surface area (Å²) in [7, 11) is 0. The average molecular weight is 1030 g/mol. The van der Waals surface area contributed by atoms with E-state index in [1.165, 1.54) is 106 Å². The molecule has 3 aliphatic rings. The topological polar surface area (TPSA) is 9.72 Å². The lowest BCUT2D eigenvalue weighted by Gasteiger charge is -2.44. The van der Waals surface area contributed by atoms with E-state index in [9.17, 15) is 0 Å². The van der Waals surface area contributed by atoms with Crippen LogP contribution in [-0.4, -0.2) is 6.71 Å². The molecule has 1 aliphatic carbocycles. The summed E-state index contributed by atoms with van der Waals surface area (Å²) >= 11 is 2.04. The van der Waals surface area contributed by atoms with Crippen molar-refractivity contribution in [3.8, 4) is 0 Å². The molecule has 0 atom stereocenters. The highest BCUT2D eigenvalue weighted by atomic mass is 32.1. The zero-order chi connectivity index (χ0) is 55.3. The van der Waals surface area contributed by atoms with Crippen molar-refractivity contribution in [2.75, 3.05) is 14.7 Å². The number of anilines is 9. The second-order valence-electron chi connectivity index (χ2n) is 29.5. The van der Waals surface area contributed by atoms with Gasteiger partial charge in [0, 0.05) is 54.7 Å². The molecule has 2 aliphatic heterocycles. The molecule has 0 unspecified atom stereocenters. The predicted molar refractivity (Wildman–Crippen MR) is 339 cm³/mol. The van der Waals surface area contributed by atoms with E-state index in [0.29, 0.717) is 0 Å². The number of fused-ring (bicyclic) bond motifs is 7. The molecule has 396 valence electrons. The third-order valence-corrected chi connectivity index (χ3v) is 18.9. The molecule has 0 saturated carbocycles. The number of nitrogens with zero attached hydrogens (tertiary/aromatic N) is 3. The van der Waals surface area contributed by atoms with Crippen LogP contribution in [0.15, 0.2) is 140 Å². The molecule has 3 heterocycles. The van der Waals surface area contributed by atoms with Crippen LogP contribution in [0.5, 0.6) is 0 Å². The molecule has 0 fully saturated rings. The van der Waals surface area contributed by atoms with E-state index in [1.807, 2.05) is 11.3 Å². The highest BCUT2D eigenvalue weighted by Gasteiger charge is 2.47. The molecule has 77 heavy (non-hydrogen) atoms. The van der Waals surface area contributed by atoms with Gasteiger partial charge in [-0.25, -0.2) is 0 Å². The van der Waals surface area contributed by atoms with Crippen molar-refractivity contribution in [2.24, 2.45) is 0 Å². The molecule has 3 nitrogen and oxygen atoms in total. The number of thiophene rings is 1. The first-order valence-electron chi connectivity index (χ1n) is 28.6. The molecule has 7 aromatic carbocycles. The van der Waals surface area contributed by atoms with Crippen molar-refractivity contribution >= 4 is 95.0 Å². The molecule has 8 aromatic rings. The van der Waals surface area contributed by atoms with Crippen molar-refractivity contribution in [1.82, 2.24) is 0 Å². The van der Waals surface area contributed by atoms with Gasteiger partial charge < -0.3 is 14.7 Å². The first-order valence-corrected chi connectivity index (χ1v) is 29.4. The van der Waals surface area contributed by atoms with Gasteiger partial charge in [0.15, 0.2) is 0 Å². The Labute approximate surface area is 467 Å². The average Bonchev–Trinajstić information content (AvgIpc) is 3.72. The van der Waals surface area contributed by atoms with Crippen LogP contribution >= 0.6 is 11.3 Å². The zero-order valence-electron chi connectivity index (χ0n) is 50.0. The second-order valence-corrected chi connectivity index (χ2v) is 30.6. The summed E-state index contributed by atoms with van der Waals surface area (Å²) in [5.41, 5.74) is 23.2. The van der Waals surface area contributed by atoms with Crippen LogP contribution in [0, 0.1) is 0 Å². The number of benzene rings is 7. The van der Waals surface area contributed by atoms with Crippen LogP contribution in [0.4, 0.5) is 51.2 Å². The van der Waals surface area contributed by atoms with Gasteiger partial charge in [0.25, 0.3) is 6.71 Å². The Kier molecular flexibility index (Phi) is 12.2. The van der Waals surface area contributed by atoms with E-state index in [1.54, 1.807) is 0 Å². The van der Waals surface area contributed by atoms with Crippen LogP contribution < -0.4 is 30.4 Å². The fraction of sp³-hybridized carbons (Fsp3) is 0.389. The Morgan fingerprint density at radius 3 is 1.25 bits per heavy atom. The molecule has 0 spiro atoms. The highest BCUT2D eigenvalue weighted by molar-refractivity contribution is 7.33. The molecule has 0 N–H and O–H groups in total. The number of hydrogen-bond acceptors (Lipinski definition) is 4. The third kappa shape index (κ3) is 9.15. The van der Waals surface area contributed by atoms with Crippen LogP contribution in [-0.2, 0) is 37.9 Å². The monoisotopic (exact) mass is 1030 g/mol. The molecule has 11 rings (SSSR count). The van der Waals surface area contributed by atoms with E-state index < -0.39 is 0 Å². The normalized spacial score (nSPS) is 16.0. The summed E-state index contributed by atoms with van der Waals surface area (Å²) in [5, 5.41) is 1.35. The fourth-order valence-corrected chi connectivity index (χ4v) is 13.9. The number of rotatable bonds is 5. The maximum atomic E-state index is 2.69. The van der Waals surface area contributed by atoms with Gasteiger partial charge in [0.1, 0.15) is 0 Å². The lowest BCUT2D eigenvalue weighted by atomic mass is 9.36. The van der Waals surface area contributed by atoms with Gasteiger partial charge in [0.05, 0.1) is 11.4 Å². The molecule has 0 bridgehead atoms. The van der Waals surface area contributed by atoms with Gasteiger partial charge in [-0.05, 0) is 179 Å². The van der Waals surface area contributed by atoms with Gasteiger partial charge in [-0.3, -0.25) is 0 Å². The van der Waals surface area contributed by atoms with E-state index >= 15 is 0 Å². The summed E-state index contributed by atoms with van der Waals surface area (Å²) in [6, 6.07) is 55.6. The molecular formula is C72H84BN3S. The van der Waals surface area contributed by atoms with E-state index in [2.05, 4.69) is 286 Å². The molecular weight excluding hydrogens is 950 g/mol. The Hall–Kier alpha value is -6.04. The minimum atomic E-state index is -0.0541. The molecule has 5 heteroatoms. The second kappa shape index (κ2) is 17.7. The van der Waals surface area contributed by atoms with Crippen molar-refractivity contribution in [2.45, 2.75) is 182 Å². The minimum Gasteiger partial charge on any atom is -0.311 e. The van der Waals surface area contributed by atoms with Gasteiger partial charge in [-0.2, -0.15) is 0 Å². The standard InChI is InChI=1S/C72H84BN3S/c1-66(2,3)45-20-29-50(30-21-45)74(51-31-22-46(23-32-51)67(4,5)6)54-41-60-63-61(42-54)76(53-35-26-48(27-36-53)69(10,11)12)64-55-43-56-57(72(18,19)39-38-71(56,16)17)44-62(55)77-65(64)73(63)58-40-49(70(13,14)15)28-37-59(58)75(60)52-33-24-47(25-34-52)68(7,8)9/h20-37,40-44H,38-39H2,1-19H3. The van der Waals surface area contributed by atoms with Gasteiger partial charge in [0.2, 0.25) is 0 Å². The molecule has 0 radical (unpaired) electrons. The Balaban J connectivity index is 1.29. The maximum absolute atomic E-state index is 2.69. The zero-order valence-corrected chi connectivity index (χ0v) is 50.8. The van der Waals surface area contributed by atoms with Crippen LogP contribution in [0.25, 0.3) is 10.1 Å². The summed E-state index contributed by atoms with van der Waals surface area (Å²) in [4.78, 5) is 7.82. The van der Waals surface area contributed by atoms with Crippen LogP contribution in [0.1, 0.15) is 183 Å². The summed E-state index contributed by atoms with van der Waals surface area (Å²) in [6.07, 6.45) is 2.35. The lowest BCUT2D eigenvalue weighted by molar-refractivity contribution is 0.332. The van der Waals surface area contributed by atoms with E-state index in [0.717, 1.165) is 22.7 Å². The first-order chi connectivity index (χ1) is 35.8. The maximum Gasteiger partial charge on any atom is 0.264 e. The largest absolute Gasteiger partial charge is 0.311 e. The van der Waals surface area contributed by atoms with Crippen LogP contribution in [0.3, 0.4) is 0 Å². The summed E-state index contributed by atoms with van der Waals surface area (Å²) in [6.45, 7) is 44.8. The summed E-state index contributed by atoms with van der Waals surface area (Å²) in [5.74, 6) is 0. The quantitative estimate of drug-likeness (QED) is 0.159. The molecule has 0 amide bonds. The van der Waals surface area contributed by atoms with E-state index in [4.69, 9.17) is 0 Å². The van der Waals surface area contributed by atoms with Crippen molar-refractivity contribution < 1.29 is 0 Å². The lowest BCUT2D eigenvalue weighted by Crippen LogP contribution is -2.60. The van der Waals surface area contributed by atoms with Crippen molar-refractivity contribution in [1.29, 1.82) is 0 Å². The Morgan fingerprint density at radius 1 is 0.416 bits per heavy atom. The van der Waals surface area contributed by atoms with E-state index in [-0.39, 0.29) is 44.6 Å². The highest BCUT2D eigenvalue weighted by Crippen LogP contribution is 2.54. The predicted octanol–water partition coefficient (Wildman–Crippen LogP) is 19.3. The Morgan fingerprint density at radius 2 is 0.805 bits per heavy atom. The number of hydrogen-bond donors (Lipinski definition) is 0. The minimum absolute atomic E-state index is 0.00534.